The molecular formula is C16H20ClN5O2S. The molecule has 3 N–H and O–H groups in total. The van der Waals surface area contributed by atoms with E-state index in [1.165, 1.54) is 0 Å². The Morgan fingerprint density at radius 2 is 2.12 bits per heavy atom. The van der Waals surface area contributed by atoms with Crippen LogP contribution in [0, 0.1) is 0 Å². The molecule has 0 saturated carbocycles. The third kappa shape index (κ3) is 3.96. The van der Waals surface area contributed by atoms with Crippen molar-refractivity contribution in [3.05, 3.63) is 29.8 Å². The van der Waals surface area contributed by atoms with E-state index < -0.39 is 10.8 Å². The zero-order valence-corrected chi connectivity index (χ0v) is 15.4. The van der Waals surface area contributed by atoms with Crippen LogP contribution in [0.1, 0.15) is 12.0 Å². The Morgan fingerprint density at radius 1 is 1.36 bits per heavy atom. The lowest BCUT2D eigenvalue weighted by molar-refractivity contribution is 0.414. The minimum Gasteiger partial charge on any atom is -0.497 e. The highest BCUT2D eigenvalue weighted by atomic mass is 35.5. The molecule has 0 saturated heterocycles. The number of nitrogen functional groups attached to an aromatic ring is 1. The molecule has 0 amide bonds. The van der Waals surface area contributed by atoms with E-state index in [-0.39, 0.29) is 5.16 Å². The predicted molar refractivity (Wildman–Crippen MR) is 101 cm³/mol. The molecule has 7 nitrogen and oxygen atoms in total. The maximum atomic E-state index is 12.3. The molecule has 9 heteroatoms. The number of rotatable bonds is 7. The number of hydrogen-bond donors (Lipinski definition) is 2. The Bertz CT molecular complexity index is 772. The Morgan fingerprint density at radius 3 is 2.80 bits per heavy atom. The second-order valence-corrected chi connectivity index (χ2v) is 7.41. The highest BCUT2D eigenvalue weighted by Gasteiger charge is 2.25. The van der Waals surface area contributed by atoms with Crippen LogP contribution in [0.5, 0.6) is 5.75 Å². The molecule has 1 unspecified atom stereocenters. The molecule has 1 aromatic carbocycles. The van der Waals surface area contributed by atoms with Gasteiger partial charge in [0, 0.05) is 18.2 Å². The van der Waals surface area contributed by atoms with Gasteiger partial charge in [-0.1, -0.05) is 12.1 Å². The van der Waals surface area contributed by atoms with Crippen LogP contribution in [0.3, 0.4) is 0 Å². The van der Waals surface area contributed by atoms with Gasteiger partial charge in [-0.05, 0) is 24.1 Å². The number of ether oxygens (including phenoxy) is 1. The third-order valence-corrected chi connectivity index (χ3v) is 5.36. The molecule has 1 aromatic heterocycles. The van der Waals surface area contributed by atoms with Gasteiger partial charge in [0.1, 0.15) is 11.4 Å². The summed E-state index contributed by atoms with van der Waals surface area (Å²) in [5.74, 6) is 2.69. The molecule has 134 valence electrons. The van der Waals surface area contributed by atoms with Crippen LogP contribution in [-0.4, -0.2) is 39.6 Å². The zero-order chi connectivity index (χ0) is 17.8. The van der Waals surface area contributed by atoms with Gasteiger partial charge in [-0.3, -0.25) is 4.21 Å². The average molecular weight is 382 g/mol. The number of benzene rings is 1. The second kappa shape index (κ2) is 7.88. The summed E-state index contributed by atoms with van der Waals surface area (Å²) in [5.41, 5.74) is 7.81. The second-order valence-electron chi connectivity index (χ2n) is 5.56. The van der Waals surface area contributed by atoms with Gasteiger partial charge in [-0.25, -0.2) is 9.97 Å². The molecule has 3 rings (SSSR count). The quantitative estimate of drug-likeness (QED) is 0.560. The van der Waals surface area contributed by atoms with Crippen LogP contribution in [0.4, 0.5) is 17.3 Å². The van der Waals surface area contributed by atoms with Crippen molar-refractivity contribution in [2.45, 2.75) is 18.1 Å². The summed E-state index contributed by atoms with van der Waals surface area (Å²) in [6, 6.07) is 7.84. The lowest BCUT2D eigenvalue weighted by atomic mass is 10.2. The summed E-state index contributed by atoms with van der Waals surface area (Å²) in [4.78, 5) is 10.7. The number of halogens is 1. The van der Waals surface area contributed by atoms with Gasteiger partial charge in [-0.15, -0.1) is 11.6 Å². The van der Waals surface area contributed by atoms with Crippen LogP contribution in [0.25, 0.3) is 0 Å². The van der Waals surface area contributed by atoms with E-state index in [0.717, 1.165) is 11.3 Å². The first-order valence-electron chi connectivity index (χ1n) is 7.86. The Hall–Kier alpha value is -2.06. The highest BCUT2D eigenvalue weighted by Crippen LogP contribution is 2.34. The summed E-state index contributed by atoms with van der Waals surface area (Å²) in [6.45, 7) is 1.21. The van der Waals surface area contributed by atoms with Crippen molar-refractivity contribution in [1.29, 1.82) is 0 Å². The van der Waals surface area contributed by atoms with E-state index in [4.69, 9.17) is 22.1 Å². The van der Waals surface area contributed by atoms with E-state index in [1.54, 1.807) is 7.11 Å². The van der Waals surface area contributed by atoms with Gasteiger partial charge in [-0.2, -0.15) is 0 Å². The summed E-state index contributed by atoms with van der Waals surface area (Å²) >= 11 is 5.67. The number of aromatic nitrogens is 2. The van der Waals surface area contributed by atoms with Crippen LogP contribution in [0.15, 0.2) is 29.4 Å². The van der Waals surface area contributed by atoms with E-state index in [2.05, 4.69) is 15.3 Å². The minimum atomic E-state index is -1.31. The molecule has 1 aliphatic rings. The van der Waals surface area contributed by atoms with E-state index in [1.807, 2.05) is 29.2 Å². The first-order valence-corrected chi connectivity index (χ1v) is 9.71. The molecule has 2 heterocycles. The number of methoxy groups -OCH3 is 1. The molecule has 0 aliphatic carbocycles. The SMILES string of the molecule is COc1ccc(CN2CNc3c(N)nc(S(=O)CCCCl)nc32)cc1. The zero-order valence-electron chi connectivity index (χ0n) is 13.9. The van der Waals surface area contributed by atoms with Crippen LogP contribution in [0.2, 0.25) is 0 Å². The van der Waals surface area contributed by atoms with Crippen molar-refractivity contribution in [1.82, 2.24) is 9.97 Å². The normalized spacial score (nSPS) is 14.1. The number of hydrogen-bond acceptors (Lipinski definition) is 7. The standard InChI is InChI=1S/C16H20ClN5O2S/c1-24-12-5-3-11(4-6-12)9-22-10-19-13-14(18)20-16(21-15(13)22)25(23)8-2-7-17/h3-6,19H,2,7-10H2,1H3,(H2,18,20,21). The number of nitrogens with one attached hydrogen (secondary N) is 1. The molecule has 25 heavy (non-hydrogen) atoms. The largest absolute Gasteiger partial charge is 0.497 e. The topological polar surface area (TPSA) is 93.4 Å². The fourth-order valence-corrected chi connectivity index (χ4v) is 3.82. The van der Waals surface area contributed by atoms with E-state index in [0.29, 0.717) is 48.6 Å². The van der Waals surface area contributed by atoms with Gasteiger partial charge in [0.05, 0.1) is 24.6 Å². The number of anilines is 3. The minimum absolute atomic E-state index is 0.254. The number of alkyl halides is 1. The Labute approximate surface area is 154 Å². The van der Waals surface area contributed by atoms with Gasteiger partial charge >= 0.3 is 0 Å². The molecule has 0 radical (unpaired) electrons. The first kappa shape index (κ1) is 17.8. The molecule has 0 spiro atoms. The Balaban J connectivity index is 1.82. The third-order valence-electron chi connectivity index (χ3n) is 3.84. The van der Waals surface area contributed by atoms with E-state index >= 15 is 0 Å². The fourth-order valence-electron chi connectivity index (χ4n) is 2.55. The predicted octanol–water partition coefficient (Wildman–Crippen LogP) is 2.19. The molecule has 1 atom stereocenters. The average Bonchev–Trinajstić information content (AvgIpc) is 3.03. The van der Waals surface area contributed by atoms with E-state index in [9.17, 15) is 4.21 Å². The lowest BCUT2D eigenvalue weighted by Gasteiger charge is -2.17. The smallest absolute Gasteiger partial charge is 0.222 e. The van der Waals surface area contributed by atoms with Gasteiger partial charge in [0.25, 0.3) is 0 Å². The summed E-state index contributed by atoms with van der Waals surface area (Å²) in [5, 5.41) is 3.46. The molecule has 0 fully saturated rings. The maximum absolute atomic E-state index is 12.3. The maximum Gasteiger partial charge on any atom is 0.222 e. The van der Waals surface area contributed by atoms with Crippen molar-refractivity contribution in [3.8, 4) is 5.75 Å². The van der Waals surface area contributed by atoms with Gasteiger partial charge < -0.3 is 20.7 Å². The van der Waals surface area contributed by atoms with Crippen LogP contribution < -0.4 is 20.7 Å². The van der Waals surface area contributed by atoms with Crippen molar-refractivity contribution < 1.29 is 8.95 Å². The van der Waals surface area contributed by atoms with Gasteiger partial charge in [0.2, 0.25) is 5.16 Å². The fraction of sp³-hybridized carbons (Fsp3) is 0.375. The molecule has 1 aliphatic heterocycles. The van der Waals surface area contributed by atoms with Crippen molar-refractivity contribution in [3.63, 3.8) is 0 Å². The number of fused-ring (bicyclic) bond motifs is 1. The van der Waals surface area contributed by atoms with Crippen molar-refractivity contribution in [2.75, 3.05) is 41.4 Å². The summed E-state index contributed by atoms with van der Waals surface area (Å²) < 4.78 is 17.5. The lowest BCUT2D eigenvalue weighted by Crippen LogP contribution is -2.23. The van der Waals surface area contributed by atoms with Gasteiger partial charge in [0.15, 0.2) is 11.6 Å². The van der Waals surface area contributed by atoms with Crippen molar-refractivity contribution in [2.24, 2.45) is 0 Å². The monoisotopic (exact) mass is 381 g/mol. The Kier molecular flexibility index (Phi) is 5.60. The summed E-state index contributed by atoms with van der Waals surface area (Å²) in [7, 11) is 0.331. The highest BCUT2D eigenvalue weighted by molar-refractivity contribution is 7.84. The molecule has 2 aromatic rings. The number of nitrogens with zero attached hydrogens (tertiary/aromatic N) is 3. The number of nitrogens with two attached hydrogens (primary N) is 1. The van der Waals surface area contributed by atoms with Crippen LogP contribution >= 0.6 is 11.6 Å². The summed E-state index contributed by atoms with van der Waals surface area (Å²) in [6.07, 6.45) is 0.641. The first-order chi connectivity index (χ1) is 12.1. The van der Waals surface area contributed by atoms with Crippen LogP contribution in [-0.2, 0) is 17.3 Å². The van der Waals surface area contributed by atoms with Crippen molar-refractivity contribution >= 4 is 39.7 Å². The molecular weight excluding hydrogens is 362 g/mol. The molecule has 0 bridgehead atoms.